The number of aromatic nitrogens is 2. The maximum Gasteiger partial charge on any atom is 0.274 e. The number of para-hydroxylation sites is 2. The smallest absolute Gasteiger partial charge is 0.274 e. The normalized spacial score (nSPS) is 10.7. The van der Waals surface area contributed by atoms with Crippen LogP contribution in [0.25, 0.3) is 0 Å². The number of nitrogens with one attached hydrogen (secondary N) is 2. The third-order valence-corrected chi connectivity index (χ3v) is 3.59. The van der Waals surface area contributed by atoms with Gasteiger partial charge in [0.2, 0.25) is 0 Å². The predicted octanol–water partition coefficient (Wildman–Crippen LogP) is 4.03. The van der Waals surface area contributed by atoms with Crippen molar-refractivity contribution in [2.75, 3.05) is 10.6 Å². The van der Waals surface area contributed by atoms with E-state index in [2.05, 4.69) is 20.6 Å². The first-order valence-electron chi connectivity index (χ1n) is 8.70. The number of benzene rings is 1. The zero-order chi connectivity index (χ0) is 19.2. The maximum absolute atomic E-state index is 12.7. The molecule has 0 saturated carbocycles. The molecule has 0 saturated heterocycles. The first-order chi connectivity index (χ1) is 13.0. The molecule has 1 aromatic carbocycles. The number of hydrogen-bond donors (Lipinski definition) is 2. The van der Waals surface area contributed by atoms with E-state index in [0.717, 1.165) is 5.76 Å². The molecule has 0 aliphatic heterocycles. The highest BCUT2D eigenvalue weighted by atomic mass is 16.5. The van der Waals surface area contributed by atoms with Crippen molar-refractivity contribution >= 4 is 17.4 Å². The lowest BCUT2D eigenvalue weighted by molar-refractivity contribution is 0.102. The van der Waals surface area contributed by atoms with Gasteiger partial charge in [0.05, 0.1) is 24.6 Å². The van der Waals surface area contributed by atoms with Gasteiger partial charge in [0.1, 0.15) is 28.8 Å². The highest BCUT2D eigenvalue weighted by Gasteiger charge is 2.14. The van der Waals surface area contributed by atoms with Crippen molar-refractivity contribution in [2.24, 2.45) is 0 Å². The molecule has 27 heavy (non-hydrogen) atoms. The Morgan fingerprint density at radius 2 is 2.00 bits per heavy atom. The van der Waals surface area contributed by atoms with E-state index in [9.17, 15) is 4.79 Å². The highest BCUT2D eigenvalue weighted by Crippen LogP contribution is 2.25. The van der Waals surface area contributed by atoms with Gasteiger partial charge in [-0.05, 0) is 45.0 Å². The molecular weight excluding hydrogens is 344 g/mol. The van der Waals surface area contributed by atoms with Crippen LogP contribution in [0.2, 0.25) is 0 Å². The van der Waals surface area contributed by atoms with Crippen LogP contribution in [-0.2, 0) is 6.54 Å². The molecule has 0 atom stereocenters. The minimum Gasteiger partial charge on any atom is -0.489 e. The molecule has 7 heteroatoms. The van der Waals surface area contributed by atoms with Crippen LogP contribution in [0, 0.1) is 6.92 Å². The second-order valence-corrected chi connectivity index (χ2v) is 6.24. The van der Waals surface area contributed by atoms with Crippen molar-refractivity contribution < 1.29 is 13.9 Å². The number of ether oxygens (including phenoxy) is 1. The fourth-order valence-corrected chi connectivity index (χ4v) is 2.48. The molecule has 3 aromatic rings. The fourth-order valence-electron chi connectivity index (χ4n) is 2.48. The summed E-state index contributed by atoms with van der Waals surface area (Å²) in [5.74, 6) is 2.10. The number of amides is 1. The number of hydrogen-bond acceptors (Lipinski definition) is 6. The molecule has 7 nitrogen and oxygen atoms in total. The Kier molecular flexibility index (Phi) is 5.71. The van der Waals surface area contributed by atoms with Gasteiger partial charge in [0.25, 0.3) is 5.91 Å². The van der Waals surface area contributed by atoms with Gasteiger partial charge in [-0.2, -0.15) is 0 Å². The van der Waals surface area contributed by atoms with E-state index in [4.69, 9.17) is 9.15 Å². The Hall–Kier alpha value is -3.35. The van der Waals surface area contributed by atoms with Gasteiger partial charge in [0.15, 0.2) is 0 Å². The maximum atomic E-state index is 12.7. The topological polar surface area (TPSA) is 89.3 Å². The molecular formula is C20H22N4O3. The number of carbonyl (C=O) groups is 1. The number of carbonyl (C=O) groups excluding carboxylic acids is 1. The van der Waals surface area contributed by atoms with E-state index < -0.39 is 0 Å². The molecule has 2 heterocycles. The van der Waals surface area contributed by atoms with Crippen LogP contribution in [-0.4, -0.2) is 22.0 Å². The van der Waals surface area contributed by atoms with Crippen molar-refractivity contribution in [1.82, 2.24) is 9.97 Å². The van der Waals surface area contributed by atoms with Gasteiger partial charge >= 0.3 is 0 Å². The number of rotatable bonds is 7. The lowest BCUT2D eigenvalue weighted by Gasteiger charge is -2.15. The van der Waals surface area contributed by atoms with Gasteiger partial charge in [0, 0.05) is 6.07 Å². The van der Waals surface area contributed by atoms with Gasteiger partial charge in [-0.3, -0.25) is 4.79 Å². The number of furan rings is 1. The predicted molar refractivity (Wildman–Crippen MR) is 103 cm³/mol. The molecule has 0 bridgehead atoms. The molecule has 2 N–H and O–H groups in total. The number of nitrogens with zero attached hydrogens (tertiary/aromatic N) is 2. The summed E-state index contributed by atoms with van der Waals surface area (Å²) in [6.45, 7) is 6.08. The Morgan fingerprint density at radius 1 is 1.19 bits per heavy atom. The lowest BCUT2D eigenvalue weighted by atomic mass is 10.2. The molecule has 0 radical (unpaired) electrons. The average molecular weight is 366 g/mol. The van der Waals surface area contributed by atoms with Crippen molar-refractivity contribution in [3.8, 4) is 5.75 Å². The summed E-state index contributed by atoms with van der Waals surface area (Å²) in [7, 11) is 0. The van der Waals surface area contributed by atoms with Crippen LogP contribution in [0.3, 0.4) is 0 Å². The van der Waals surface area contributed by atoms with Crippen molar-refractivity contribution in [3.05, 3.63) is 66.0 Å². The van der Waals surface area contributed by atoms with Crippen molar-refractivity contribution in [2.45, 2.75) is 33.4 Å². The quantitative estimate of drug-likeness (QED) is 0.656. The first-order valence-corrected chi connectivity index (χ1v) is 8.70. The van der Waals surface area contributed by atoms with Crippen molar-refractivity contribution in [3.63, 3.8) is 0 Å². The summed E-state index contributed by atoms with van der Waals surface area (Å²) in [6.07, 6.45) is 1.61. The summed E-state index contributed by atoms with van der Waals surface area (Å²) in [5.41, 5.74) is 0.862. The molecule has 1 amide bonds. The van der Waals surface area contributed by atoms with Crippen LogP contribution < -0.4 is 15.4 Å². The van der Waals surface area contributed by atoms with Crippen molar-refractivity contribution in [1.29, 1.82) is 0 Å². The van der Waals surface area contributed by atoms with Crippen LogP contribution in [0.5, 0.6) is 5.75 Å². The lowest BCUT2D eigenvalue weighted by Crippen LogP contribution is -2.17. The van der Waals surface area contributed by atoms with E-state index in [1.807, 2.05) is 44.2 Å². The van der Waals surface area contributed by atoms with Crippen LogP contribution in [0.1, 0.15) is 35.9 Å². The molecule has 0 unspecified atom stereocenters. The summed E-state index contributed by atoms with van der Waals surface area (Å²) in [4.78, 5) is 21.2. The molecule has 3 rings (SSSR count). The number of anilines is 2. The molecule has 2 aromatic heterocycles. The van der Waals surface area contributed by atoms with E-state index in [0.29, 0.717) is 29.6 Å². The monoisotopic (exact) mass is 366 g/mol. The standard InChI is InChI=1S/C20H22N4O3/c1-13(2)27-18-9-5-4-8-16(18)24-20(25)17-11-19(23-14(3)22-17)21-12-15-7-6-10-26-15/h4-11,13H,12H2,1-3H3,(H,24,25)(H,21,22,23). The second-order valence-electron chi connectivity index (χ2n) is 6.24. The summed E-state index contributed by atoms with van der Waals surface area (Å²) in [5, 5.41) is 5.99. The van der Waals surface area contributed by atoms with E-state index in [-0.39, 0.29) is 17.7 Å². The molecule has 0 spiro atoms. The molecule has 0 aliphatic carbocycles. The van der Waals surface area contributed by atoms with Gasteiger partial charge in [-0.25, -0.2) is 9.97 Å². The van der Waals surface area contributed by atoms with Crippen LogP contribution in [0.4, 0.5) is 11.5 Å². The fraction of sp³-hybridized carbons (Fsp3) is 0.250. The highest BCUT2D eigenvalue weighted by molar-refractivity contribution is 6.04. The SMILES string of the molecule is Cc1nc(NCc2ccco2)cc(C(=O)Nc2ccccc2OC(C)C)n1. The van der Waals surface area contributed by atoms with Crippen LogP contribution >= 0.6 is 0 Å². The minimum atomic E-state index is -0.332. The van der Waals surface area contributed by atoms with E-state index in [1.165, 1.54) is 0 Å². The molecule has 0 aliphatic rings. The third-order valence-electron chi connectivity index (χ3n) is 3.59. The Balaban J connectivity index is 1.75. The van der Waals surface area contributed by atoms with E-state index >= 15 is 0 Å². The zero-order valence-corrected chi connectivity index (χ0v) is 15.5. The van der Waals surface area contributed by atoms with Crippen LogP contribution in [0.15, 0.2) is 53.1 Å². The van der Waals surface area contributed by atoms with Gasteiger partial charge in [-0.1, -0.05) is 12.1 Å². The minimum absolute atomic E-state index is 0.00162. The van der Waals surface area contributed by atoms with E-state index in [1.54, 1.807) is 25.3 Å². The second kappa shape index (κ2) is 8.35. The van der Waals surface area contributed by atoms with Gasteiger partial charge in [-0.15, -0.1) is 0 Å². The number of aryl methyl sites for hydroxylation is 1. The molecule has 140 valence electrons. The summed E-state index contributed by atoms with van der Waals surface area (Å²) >= 11 is 0. The Labute approximate surface area is 157 Å². The summed E-state index contributed by atoms with van der Waals surface area (Å²) < 4.78 is 11.0. The van der Waals surface area contributed by atoms with Gasteiger partial charge < -0.3 is 19.8 Å². The third kappa shape index (κ3) is 5.07. The Bertz CT molecular complexity index is 907. The largest absolute Gasteiger partial charge is 0.489 e. The summed E-state index contributed by atoms with van der Waals surface area (Å²) in [6, 6.07) is 12.6. The Morgan fingerprint density at radius 3 is 2.74 bits per heavy atom. The average Bonchev–Trinajstić information content (AvgIpc) is 3.14. The molecule has 0 fully saturated rings. The zero-order valence-electron chi connectivity index (χ0n) is 15.5. The first kappa shape index (κ1) is 18.4.